The molecule has 0 bridgehead atoms. The Labute approximate surface area is 120 Å². The second-order valence-corrected chi connectivity index (χ2v) is 4.01. The van der Waals surface area contributed by atoms with E-state index in [2.05, 4.69) is 9.97 Å². The molecule has 20 heavy (non-hydrogen) atoms. The van der Waals surface area contributed by atoms with Crippen LogP contribution >= 0.6 is 11.6 Å². The SMILES string of the molecule is COc1cc(OC)nc(Oc2cccc(Cl)c2C=O)n1. The molecule has 6 nitrogen and oxygen atoms in total. The summed E-state index contributed by atoms with van der Waals surface area (Å²) in [7, 11) is 2.92. The Morgan fingerprint density at radius 3 is 2.35 bits per heavy atom. The molecule has 0 amide bonds. The molecule has 7 heteroatoms. The van der Waals surface area contributed by atoms with Crippen LogP contribution in [0.15, 0.2) is 24.3 Å². The van der Waals surface area contributed by atoms with E-state index >= 15 is 0 Å². The largest absolute Gasteiger partial charge is 0.481 e. The molecule has 0 saturated carbocycles. The number of carbonyl (C=O) groups excluding carboxylic acids is 1. The van der Waals surface area contributed by atoms with E-state index in [1.54, 1.807) is 18.2 Å². The quantitative estimate of drug-likeness (QED) is 0.790. The van der Waals surface area contributed by atoms with Gasteiger partial charge in [-0.15, -0.1) is 0 Å². The average molecular weight is 295 g/mol. The van der Waals surface area contributed by atoms with Gasteiger partial charge < -0.3 is 14.2 Å². The van der Waals surface area contributed by atoms with Crippen molar-refractivity contribution in [2.75, 3.05) is 14.2 Å². The van der Waals surface area contributed by atoms with Crippen molar-refractivity contribution in [3.63, 3.8) is 0 Å². The zero-order chi connectivity index (χ0) is 14.5. The average Bonchev–Trinajstić information content (AvgIpc) is 2.47. The Balaban J connectivity index is 2.39. The summed E-state index contributed by atoms with van der Waals surface area (Å²) in [6.07, 6.45) is 0.606. The molecule has 0 aliphatic rings. The summed E-state index contributed by atoms with van der Waals surface area (Å²) in [6.45, 7) is 0. The van der Waals surface area contributed by atoms with Gasteiger partial charge in [-0.25, -0.2) is 0 Å². The van der Waals surface area contributed by atoms with Gasteiger partial charge in [-0.2, -0.15) is 9.97 Å². The first-order valence-corrected chi connectivity index (χ1v) is 5.94. The minimum atomic E-state index is -0.00781. The van der Waals surface area contributed by atoms with Crippen molar-refractivity contribution in [2.24, 2.45) is 0 Å². The molecule has 1 aromatic carbocycles. The van der Waals surface area contributed by atoms with Crippen LogP contribution in [-0.2, 0) is 0 Å². The number of hydrogen-bond acceptors (Lipinski definition) is 6. The molecule has 0 aliphatic carbocycles. The Hall–Kier alpha value is -2.34. The fourth-order valence-electron chi connectivity index (χ4n) is 1.46. The third kappa shape index (κ3) is 2.97. The Bertz CT molecular complexity index is 612. The molecule has 0 unspecified atom stereocenters. The first kappa shape index (κ1) is 14.1. The third-order valence-corrected chi connectivity index (χ3v) is 2.74. The molecule has 0 atom stereocenters. The molecule has 2 rings (SSSR count). The lowest BCUT2D eigenvalue weighted by Gasteiger charge is -2.09. The summed E-state index contributed by atoms with van der Waals surface area (Å²) < 4.78 is 15.5. The lowest BCUT2D eigenvalue weighted by atomic mass is 10.2. The lowest BCUT2D eigenvalue weighted by Crippen LogP contribution is -1.99. The van der Waals surface area contributed by atoms with Gasteiger partial charge in [-0.3, -0.25) is 4.79 Å². The van der Waals surface area contributed by atoms with E-state index in [9.17, 15) is 4.79 Å². The highest BCUT2D eigenvalue weighted by atomic mass is 35.5. The molecule has 1 aromatic heterocycles. The maximum atomic E-state index is 11.0. The van der Waals surface area contributed by atoms with Gasteiger partial charge in [0, 0.05) is 0 Å². The van der Waals surface area contributed by atoms with Crippen LogP contribution in [-0.4, -0.2) is 30.5 Å². The molecule has 1 heterocycles. The van der Waals surface area contributed by atoms with Crippen molar-refractivity contribution in [2.45, 2.75) is 0 Å². The van der Waals surface area contributed by atoms with Gasteiger partial charge in [0.25, 0.3) is 0 Å². The maximum absolute atomic E-state index is 11.0. The zero-order valence-electron chi connectivity index (χ0n) is 10.8. The summed E-state index contributed by atoms with van der Waals surface area (Å²) in [5.41, 5.74) is 0.222. The van der Waals surface area contributed by atoms with E-state index in [4.69, 9.17) is 25.8 Å². The summed E-state index contributed by atoms with van der Waals surface area (Å²) in [4.78, 5) is 19.0. The van der Waals surface area contributed by atoms with Crippen molar-refractivity contribution in [3.8, 4) is 23.5 Å². The van der Waals surface area contributed by atoms with Crippen LogP contribution in [0.25, 0.3) is 0 Å². The third-order valence-electron chi connectivity index (χ3n) is 2.41. The molecule has 0 saturated heterocycles. The Morgan fingerprint density at radius 1 is 1.15 bits per heavy atom. The number of benzene rings is 1. The molecule has 0 radical (unpaired) electrons. The highest BCUT2D eigenvalue weighted by molar-refractivity contribution is 6.33. The summed E-state index contributed by atoms with van der Waals surface area (Å²) in [6, 6.07) is 6.33. The number of aldehydes is 1. The first-order chi connectivity index (χ1) is 9.67. The molecule has 2 aromatic rings. The number of aromatic nitrogens is 2. The van der Waals surface area contributed by atoms with E-state index < -0.39 is 0 Å². The monoisotopic (exact) mass is 294 g/mol. The summed E-state index contributed by atoms with van der Waals surface area (Å²) >= 11 is 5.91. The van der Waals surface area contributed by atoms with E-state index in [0.717, 1.165) is 0 Å². The van der Waals surface area contributed by atoms with Crippen LogP contribution in [0.4, 0.5) is 0 Å². The van der Waals surface area contributed by atoms with Crippen LogP contribution in [0, 0.1) is 0 Å². The Kier molecular flexibility index (Phi) is 4.37. The minimum absolute atomic E-state index is 0.00781. The predicted octanol–water partition coefficient (Wildman–Crippen LogP) is 2.75. The van der Waals surface area contributed by atoms with Gasteiger partial charge in [-0.05, 0) is 12.1 Å². The van der Waals surface area contributed by atoms with E-state index in [1.165, 1.54) is 20.3 Å². The number of methoxy groups -OCH3 is 2. The van der Waals surface area contributed by atoms with Crippen molar-refractivity contribution in [3.05, 3.63) is 34.9 Å². The number of rotatable bonds is 5. The number of carbonyl (C=O) groups is 1. The number of hydrogen-bond donors (Lipinski definition) is 0. The molecular formula is C13H11ClN2O4. The van der Waals surface area contributed by atoms with E-state index in [1.807, 2.05) is 0 Å². The highest BCUT2D eigenvalue weighted by Gasteiger charge is 2.12. The van der Waals surface area contributed by atoms with Gasteiger partial charge in [0.2, 0.25) is 11.8 Å². The second-order valence-electron chi connectivity index (χ2n) is 3.61. The van der Waals surface area contributed by atoms with E-state index in [0.29, 0.717) is 6.29 Å². The topological polar surface area (TPSA) is 70.5 Å². The standard InChI is InChI=1S/C13H11ClN2O4/c1-18-11-6-12(19-2)16-13(15-11)20-10-5-3-4-9(14)8(10)7-17/h3-7H,1-2H3. The van der Waals surface area contributed by atoms with Crippen LogP contribution in [0.2, 0.25) is 5.02 Å². The van der Waals surface area contributed by atoms with Gasteiger partial charge in [0.15, 0.2) is 6.29 Å². The van der Waals surface area contributed by atoms with Gasteiger partial charge in [0.1, 0.15) is 5.75 Å². The van der Waals surface area contributed by atoms with Crippen molar-refractivity contribution in [1.82, 2.24) is 9.97 Å². The van der Waals surface area contributed by atoms with Gasteiger partial charge >= 0.3 is 6.01 Å². The molecule has 104 valence electrons. The first-order valence-electron chi connectivity index (χ1n) is 5.56. The predicted molar refractivity (Wildman–Crippen MR) is 72.0 cm³/mol. The smallest absolute Gasteiger partial charge is 0.328 e. The normalized spacial score (nSPS) is 9.95. The van der Waals surface area contributed by atoms with Crippen LogP contribution in [0.5, 0.6) is 23.5 Å². The van der Waals surface area contributed by atoms with E-state index in [-0.39, 0.29) is 34.1 Å². The number of halogens is 1. The van der Waals surface area contributed by atoms with Crippen molar-refractivity contribution < 1.29 is 19.0 Å². The number of ether oxygens (including phenoxy) is 3. The number of nitrogens with zero attached hydrogens (tertiary/aromatic N) is 2. The zero-order valence-corrected chi connectivity index (χ0v) is 11.5. The summed E-state index contributed by atoms with van der Waals surface area (Å²) in [5.74, 6) is 0.811. The van der Waals surface area contributed by atoms with Crippen molar-refractivity contribution in [1.29, 1.82) is 0 Å². The second kappa shape index (κ2) is 6.21. The Morgan fingerprint density at radius 2 is 1.80 bits per heavy atom. The van der Waals surface area contributed by atoms with Gasteiger partial charge in [-0.1, -0.05) is 17.7 Å². The molecule has 0 fully saturated rings. The maximum Gasteiger partial charge on any atom is 0.328 e. The molecule has 0 spiro atoms. The fraction of sp³-hybridized carbons (Fsp3) is 0.154. The van der Waals surface area contributed by atoms with Crippen LogP contribution in [0.3, 0.4) is 0 Å². The van der Waals surface area contributed by atoms with Gasteiger partial charge in [0.05, 0.1) is 30.9 Å². The minimum Gasteiger partial charge on any atom is -0.481 e. The van der Waals surface area contributed by atoms with Crippen molar-refractivity contribution >= 4 is 17.9 Å². The van der Waals surface area contributed by atoms with Crippen LogP contribution < -0.4 is 14.2 Å². The molecule has 0 aliphatic heterocycles. The fourth-order valence-corrected chi connectivity index (χ4v) is 1.67. The lowest BCUT2D eigenvalue weighted by molar-refractivity contribution is 0.112. The molecular weight excluding hydrogens is 284 g/mol. The molecule has 0 N–H and O–H groups in total. The highest BCUT2D eigenvalue weighted by Crippen LogP contribution is 2.29. The van der Waals surface area contributed by atoms with Crippen LogP contribution in [0.1, 0.15) is 10.4 Å². The summed E-state index contributed by atoms with van der Waals surface area (Å²) in [5, 5.41) is 0.285.